The molecule has 0 aliphatic heterocycles. The third kappa shape index (κ3) is 2.94. The molecule has 0 saturated carbocycles. The second-order valence-electron chi connectivity index (χ2n) is 4.39. The van der Waals surface area contributed by atoms with Crippen molar-refractivity contribution in [2.75, 3.05) is 13.7 Å². The minimum Gasteiger partial charge on any atom is -0.395 e. The standard InChI is InChI=1S/C13H18N4O/c1-11(9-18)16(2)8-13-14-10-17(15-13)12-6-4-3-5-7-12/h3-7,10-11,18H,8-9H2,1-2H3. The molecule has 1 aromatic carbocycles. The fourth-order valence-corrected chi connectivity index (χ4v) is 1.59. The van der Waals surface area contributed by atoms with Crippen molar-refractivity contribution in [2.45, 2.75) is 19.5 Å². The van der Waals surface area contributed by atoms with Gasteiger partial charge in [-0.3, -0.25) is 4.90 Å². The third-order valence-electron chi connectivity index (χ3n) is 2.97. The Morgan fingerprint density at radius 2 is 2.06 bits per heavy atom. The second-order valence-corrected chi connectivity index (χ2v) is 4.39. The number of hydrogen-bond donors (Lipinski definition) is 1. The molecule has 1 aromatic heterocycles. The fraction of sp³-hybridized carbons (Fsp3) is 0.385. The SMILES string of the molecule is CC(CO)N(C)Cc1ncn(-c2ccccc2)n1. The van der Waals surface area contributed by atoms with Crippen molar-refractivity contribution in [3.63, 3.8) is 0 Å². The van der Waals surface area contributed by atoms with Gasteiger partial charge in [-0.15, -0.1) is 5.10 Å². The number of rotatable bonds is 5. The first-order chi connectivity index (χ1) is 8.70. The van der Waals surface area contributed by atoms with Gasteiger partial charge in [-0.1, -0.05) is 18.2 Å². The van der Waals surface area contributed by atoms with Gasteiger partial charge in [0.25, 0.3) is 0 Å². The molecule has 0 aliphatic carbocycles. The van der Waals surface area contributed by atoms with Crippen LogP contribution in [-0.4, -0.2) is 44.5 Å². The van der Waals surface area contributed by atoms with Crippen molar-refractivity contribution in [1.29, 1.82) is 0 Å². The van der Waals surface area contributed by atoms with Crippen LogP contribution in [0.2, 0.25) is 0 Å². The van der Waals surface area contributed by atoms with E-state index in [9.17, 15) is 0 Å². The highest BCUT2D eigenvalue weighted by molar-refractivity contribution is 5.29. The summed E-state index contributed by atoms with van der Waals surface area (Å²) in [5.74, 6) is 0.752. The summed E-state index contributed by atoms with van der Waals surface area (Å²) in [6.45, 7) is 2.73. The lowest BCUT2D eigenvalue weighted by atomic mass is 10.3. The molecule has 0 radical (unpaired) electrons. The van der Waals surface area contributed by atoms with Crippen LogP contribution in [0.15, 0.2) is 36.7 Å². The molecule has 2 aromatic rings. The molecule has 1 unspecified atom stereocenters. The Morgan fingerprint density at radius 3 is 2.72 bits per heavy atom. The molecule has 0 saturated heterocycles. The monoisotopic (exact) mass is 246 g/mol. The summed E-state index contributed by atoms with van der Waals surface area (Å²) in [6, 6.07) is 9.98. The normalized spacial score (nSPS) is 12.9. The van der Waals surface area contributed by atoms with Gasteiger partial charge in [0.05, 0.1) is 18.8 Å². The third-order valence-corrected chi connectivity index (χ3v) is 2.97. The van der Waals surface area contributed by atoms with E-state index in [1.807, 2.05) is 49.2 Å². The number of nitrogens with zero attached hydrogens (tertiary/aromatic N) is 4. The van der Waals surface area contributed by atoms with Gasteiger partial charge in [0.2, 0.25) is 0 Å². The molecule has 0 amide bonds. The Bertz CT molecular complexity index is 483. The van der Waals surface area contributed by atoms with E-state index >= 15 is 0 Å². The summed E-state index contributed by atoms with van der Waals surface area (Å²) in [5.41, 5.74) is 0.995. The Kier molecular flexibility index (Phi) is 4.07. The van der Waals surface area contributed by atoms with Gasteiger partial charge in [-0.05, 0) is 26.1 Å². The number of likely N-dealkylation sites (N-methyl/N-ethyl adjacent to an activating group) is 1. The van der Waals surface area contributed by atoms with E-state index in [2.05, 4.69) is 10.1 Å². The van der Waals surface area contributed by atoms with E-state index in [4.69, 9.17) is 5.11 Å². The van der Waals surface area contributed by atoms with Crippen molar-refractivity contribution in [3.05, 3.63) is 42.5 Å². The largest absolute Gasteiger partial charge is 0.395 e. The van der Waals surface area contributed by atoms with Crippen molar-refractivity contribution in [2.24, 2.45) is 0 Å². The summed E-state index contributed by atoms with van der Waals surface area (Å²) < 4.78 is 1.76. The predicted molar refractivity (Wildman–Crippen MR) is 69.4 cm³/mol. The topological polar surface area (TPSA) is 54.2 Å². The Hall–Kier alpha value is -1.72. The lowest BCUT2D eigenvalue weighted by Crippen LogP contribution is -2.31. The molecular formula is C13H18N4O. The predicted octanol–water partition coefficient (Wildman–Crippen LogP) is 1.08. The van der Waals surface area contributed by atoms with E-state index in [0.717, 1.165) is 11.5 Å². The maximum absolute atomic E-state index is 9.08. The van der Waals surface area contributed by atoms with Crippen LogP contribution in [0.5, 0.6) is 0 Å². The average Bonchev–Trinajstić information content (AvgIpc) is 2.87. The molecule has 1 N–H and O–H groups in total. The van der Waals surface area contributed by atoms with Gasteiger partial charge >= 0.3 is 0 Å². The van der Waals surface area contributed by atoms with Crippen molar-refractivity contribution in [1.82, 2.24) is 19.7 Å². The van der Waals surface area contributed by atoms with Crippen LogP contribution < -0.4 is 0 Å². The highest BCUT2D eigenvalue weighted by Crippen LogP contribution is 2.06. The van der Waals surface area contributed by atoms with Gasteiger partial charge in [-0.25, -0.2) is 9.67 Å². The lowest BCUT2D eigenvalue weighted by molar-refractivity contribution is 0.151. The Labute approximate surface area is 107 Å². The van der Waals surface area contributed by atoms with Gasteiger partial charge in [0.1, 0.15) is 6.33 Å². The highest BCUT2D eigenvalue weighted by atomic mass is 16.3. The molecule has 1 heterocycles. The van der Waals surface area contributed by atoms with Crippen LogP contribution >= 0.6 is 0 Å². The van der Waals surface area contributed by atoms with Crippen molar-refractivity contribution >= 4 is 0 Å². The second kappa shape index (κ2) is 5.75. The van der Waals surface area contributed by atoms with Crippen LogP contribution in [0, 0.1) is 0 Å². The summed E-state index contributed by atoms with van der Waals surface area (Å²) in [6.07, 6.45) is 1.71. The van der Waals surface area contributed by atoms with Gasteiger partial charge in [0, 0.05) is 6.04 Å². The van der Waals surface area contributed by atoms with Crippen LogP contribution in [0.1, 0.15) is 12.7 Å². The van der Waals surface area contributed by atoms with E-state index < -0.39 is 0 Å². The number of para-hydroxylation sites is 1. The van der Waals surface area contributed by atoms with E-state index in [1.165, 1.54) is 0 Å². The molecule has 5 heteroatoms. The molecular weight excluding hydrogens is 228 g/mol. The number of aliphatic hydroxyl groups excluding tert-OH is 1. The minimum atomic E-state index is 0.105. The first-order valence-corrected chi connectivity index (χ1v) is 5.97. The zero-order valence-electron chi connectivity index (χ0n) is 10.7. The molecule has 5 nitrogen and oxygen atoms in total. The fourth-order valence-electron chi connectivity index (χ4n) is 1.59. The Balaban J connectivity index is 2.07. The van der Waals surface area contributed by atoms with Crippen molar-refractivity contribution < 1.29 is 5.11 Å². The van der Waals surface area contributed by atoms with Crippen LogP contribution in [0.3, 0.4) is 0 Å². The summed E-state index contributed by atoms with van der Waals surface area (Å²) in [4.78, 5) is 6.30. The summed E-state index contributed by atoms with van der Waals surface area (Å²) >= 11 is 0. The lowest BCUT2D eigenvalue weighted by Gasteiger charge is -2.20. The van der Waals surface area contributed by atoms with E-state index in [1.54, 1.807) is 11.0 Å². The molecule has 96 valence electrons. The van der Waals surface area contributed by atoms with E-state index in [0.29, 0.717) is 6.54 Å². The molecule has 0 aliphatic rings. The number of aliphatic hydroxyl groups is 1. The van der Waals surface area contributed by atoms with Crippen LogP contribution in [0.25, 0.3) is 5.69 Å². The van der Waals surface area contributed by atoms with E-state index in [-0.39, 0.29) is 12.6 Å². The van der Waals surface area contributed by atoms with Crippen molar-refractivity contribution in [3.8, 4) is 5.69 Å². The molecule has 0 bridgehead atoms. The van der Waals surface area contributed by atoms with Gasteiger partial charge in [0.15, 0.2) is 5.82 Å². The van der Waals surface area contributed by atoms with Crippen LogP contribution in [-0.2, 0) is 6.54 Å². The molecule has 2 rings (SSSR count). The Morgan fingerprint density at radius 1 is 1.33 bits per heavy atom. The first-order valence-electron chi connectivity index (χ1n) is 5.97. The average molecular weight is 246 g/mol. The molecule has 18 heavy (non-hydrogen) atoms. The maximum Gasteiger partial charge on any atom is 0.164 e. The number of hydrogen-bond acceptors (Lipinski definition) is 4. The van der Waals surface area contributed by atoms with Crippen LogP contribution in [0.4, 0.5) is 0 Å². The molecule has 1 atom stereocenters. The zero-order valence-corrected chi connectivity index (χ0v) is 10.7. The molecule has 0 fully saturated rings. The zero-order chi connectivity index (χ0) is 13.0. The van der Waals surface area contributed by atoms with Gasteiger partial charge < -0.3 is 5.11 Å². The van der Waals surface area contributed by atoms with Gasteiger partial charge in [-0.2, -0.15) is 0 Å². The maximum atomic E-state index is 9.08. The smallest absolute Gasteiger partial charge is 0.164 e. The number of aromatic nitrogens is 3. The minimum absolute atomic E-state index is 0.105. The first kappa shape index (κ1) is 12.7. The number of benzene rings is 1. The molecule has 0 spiro atoms. The summed E-state index contributed by atoms with van der Waals surface area (Å²) in [7, 11) is 1.95. The summed E-state index contributed by atoms with van der Waals surface area (Å²) in [5, 5.41) is 13.5. The highest BCUT2D eigenvalue weighted by Gasteiger charge is 2.11. The quantitative estimate of drug-likeness (QED) is 0.857.